The number of sulfonamides is 2. The van der Waals surface area contributed by atoms with Gasteiger partial charge >= 0.3 is 0 Å². The van der Waals surface area contributed by atoms with Gasteiger partial charge in [0.05, 0.1) is 35.4 Å². The van der Waals surface area contributed by atoms with Crippen LogP contribution in [-0.4, -0.2) is 102 Å². The number of amides is 1. The van der Waals surface area contributed by atoms with Crippen molar-refractivity contribution in [2.45, 2.75) is 118 Å². The molecule has 1 atom stereocenters. The Labute approximate surface area is 259 Å². The first-order valence-corrected chi connectivity index (χ1v) is 18.5. The van der Waals surface area contributed by atoms with E-state index in [1.807, 2.05) is 41.5 Å². The molecule has 1 aliphatic heterocycles. The summed E-state index contributed by atoms with van der Waals surface area (Å²) >= 11 is 0. The number of Topliss-reactive ketones (excluding diaryl/α,β-unsaturated/α-hetero) is 1. The molecule has 1 aliphatic rings. The van der Waals surface area contributed by atoms with Crippen molar-refractivity contribution >= 4 is 31.7 Å². The van der Waals surface area contributed by atoms with Crippen LogP contribution in [0.4, 0.5) is 0 Å². The van der Waals surface area contributed by atoms with E-state index in [9.17, 15) is 26.4 Å². The number of hydrogen-bond donors (Lipinski definition) is 1. The summed E-state index contributed by atoms with van der Waals surface area (Å²) in [7, 11) is -7.35. The van der Waals surface area contributed by atoms with Gasteiger partial charge in [-0.2, -0.15) is 8.61 Å². The van der Waals surface area contributed by atoms with Gasteiger partial charge in [-0.05, 0) is 60.3 Å². The van der Waals surface area contributed by atoms with Gasteiger partial charge in [0.1, 0.15) is 17.5 Å². The number of nitrogens with zero attached hydrogens (tertiary/aromatic N) is 5. The summed E-state index contributed by atoms with van der Waals surface area (Å²) < 4.78 is 61.2. The van der Waals surface area contributed by atoms with Crippen molar-refractivity contribution in [2.24, 2.45) is 0 Å². The molecule has 1 saturated heterocycles. The molecule has 0 aliphatic carbocycles. The minimum Gasteiger partial charge on any atom is -0.375 e. The number of ketones is 1. The molecule has 2 rings (SSSR count). The maximum Gasteiger partial charge on any atom is 0.240 e. The molecular formula is C28H54N6O7S2. The minimum absolute atomic E-state index is 0.00334. The fourth-order valence-electron chi connectivity index (χ4n) is 4.51. The Morgan fingerprint density at radius 3 is 2.19 bits per heavy atom. The van der Waals surface area contributed by atoms with Crippen LogP contribution in [0.3, 0.4) is 0 Å². The lowest BCUT2D eigenvalue weighted by Crippen LogP contribution is -2.61. The van der Waals surface area contributed by atoms with Crippen molar-refractivity contribution in [2.75, 3.05) is 37.7 Å². The predicted molar refractivity (Wildman–Crippen MR) is 167 cm³/mol. The van der Waals surface area contributed by atoms with Crippen LogP contribution >= 0.6 is 0 Å². The molecule has 0 bridgehead atoms. The van der Waals surface area contributed by atoms with Crippen LogP contribution < -0.4 is 5.32 Å². The monoisotopic (exact) mass is 650 g/mol. The van der Waals surface area contributed by atoms with Gasteiger partial charge in [0.25, 0.3) is 0 Å². The van der Waals surface area contributed by atoms with Crippen molar-refractivity contribution in [1.82, 2.24) is 28.9 Å². The SMILES string of the molecule is CC.CCCS(=O)(=O)N1CCN(S(=O)(=O)CCC)C(C(=O)NCc2cn(C(C)(C)CCOC(C)(C)CCC(C)=O)nn2)C1. The van der Waals surface area contributed by atoms with E-state index in [1.165, 1.54) is 4.31 Å². The summed E-state index contributed by atoms with van der Waals surface area (Å²) in [5.41, 5.74) is -0.403. The Morgan fingerprint density at radius 2 is 1.60 bits per heavy atom. The highest BCUT2D eigenvalue weighted by molar-refractivity contribution is 7.89. The smallest absolute Gasteiger partial charge is 0.240 e. The lowest BCUT2D eigenvalue weighted by atomic mass is 9.99. The first-order valence-electron chi connectivity index (χ1n) is 15.2. The van der Waals surface area contributed by atoms with Crippen molar-refractivity contribution in [3.8, 4) is 0 Å². The van der Waals surface area contributed by atoms with E-state index in [2.05, 4.69) is 15.6 Å². The van der Waals surface area contributed by atoms with Crippen LogP contribution in [0, 0.1) is 0 Å². The Balaban J connectivity index is 0.00000452. The average Bonchev–Trinajstić information content (AvgIpc) is 3.41. The quantitative estimate of drug-likeness (QED) is 0.267. The molecule has 2 heterocycles. The third-order valence-electron chi connectivity index (χ3n) is 7.16. The second-order valence-corrected chi connectivity index (χ2v) is 16.0. The Hall–Kier alpha value is -1.94. The fourth-order valence-corrected chi connectivity index (χ4v) is 7.68. The lowest BCUT2D eigenvalue weighted by Gasteiger charge is -2.38. The zero-order valence-electron chi connectivity index (χ0n) is 27.6. The summed E-state index contributed by atoms with van der Waals surface area (Å²) in [5, 5.41) is 11.1. The Kier molecular flexibility index (Phi) is 15.4. The first-order chi connectivity index (χ1) is 19.9. The van der Waals surface area contributed by atoms with E-state index >= 15 is 0 Å². The highest BCUT2D eigenvalue weighted by atomic mass is 32.2. The molecule has 0 saturated carbocycles. The third kappa shape index (κ3) is 12.2. The summed E-state index contributed by atoms with van der Waals surface area (Å²) in [5.74, 6) is -0.652. The van der Waals surface area contributed by atoms with Crippen LogP contribution in [0.2, 0.25) is 0 Å². The molecule has 1 aromatic rings. The molecule has 1 N–H and O–H groups in total. The molecule has 1 amide bonds. The molecule has 0 aromatic carbocycles. The average molecular weight is 651 g/mol. The fraction of sp³-hybridized carbons (Fsp3) is 0.857. The number of hydrogen-bond acceptors (Lipinski definition) is 9. The van der Waals surface area contributed by atoms with Crippen LogP contribution in [-0.2, 0) is 46.5 Å². The highest BCUT2D eigenvalue weighted by Crippen LogP contribution is 2.23. The van der Waals surface area contributed by atoms with Gasteiger partial charge in [-0.25, -0.2) is 21.5 Å². The number of aromatic nitrogens is 3. The predicted octanol–water partition coefficient (Wildman–Crippen LogP) is 2.68. The van der Waals surface area contributed by atoms with Crippen LogP contribution in [0.5, 0.6) is 0 Å². The normalized spacial score (nSPS) is 17.3. The van der Waals surface area contributed by atoms with Gasteiger partial charge in [0.15, 0.2) is 0 Å². The zero-order valence-corrected chi connectivity index (χ0v) is 29.2. The molecule has 250 valence electrons. The number of piperazine rings is 1. The summed E-state index contributed by atoms with van der Waals surface area (Å²) in [4.78, 5) is 24.6. The van der Waals surface area contributed by atoms with E-state index in [1.54, 1.807) is 31.6 Å². The first kappa shape index (κ1) is 39.1. The molecule has 1 unspecified atom stereocenters. The molecule has 13 nitrogen and oxygen atoms in total. The van der Waals surface area contributed by atoms with Crippen LogP contribution in [0.15, 0.2) is 6.20 Å². The van der Waals surface area contributed by atoms with E-state index in [4.69, 9.17) is 4.74 Å². The molecule has 1 aromatic heterocycles. The molecule has 15 heteroatoms. The van der Waals surface area contributed by atoms with Gasteiger partial charge < -0.3 is 14.8 Å². The summed E-state index contributed by atoms with van der Waals surface area (Å²) in [6.07, 6.45) is 4.24. The van der Waals surface area contributed by atoms with E-state index in [-0.39, 0.29) is 43.5 Å². The van der Waals surface area contributed by atoms with Gasteiger partial charge in [-0.15, -0.1) is 5.10 Å². The molecule has 1 fully saturated rings. The minimum atomic E-state index is -3.74. The lowest BCUT2D eigenvalue weighted by molar-refractivity contribution is -0.126. The largest absolute Gasteiger partial charge is 0.375 e. The number of carbonyl (C=O) groups is 2. The van der Waals surface area contributed by atoms with Crippen molar-refractivity contribution in [3.63, 3.8) is 0 Å². The maximum absolute atomic E-state index is 13.3. The summed E-state index contributed by atoms with van der Waals surface area (Å²) in [6, 6.07) is -1.18. The maximum atomic E-state index is 13.3. The number of nitrogens with one attached hydrogen (secondary N) is 1. The van der Waals surface area contributed by atoms with Crippen molar-refractivity contribution in [1.29, 1.82) is 0 Å². The van der Waals surface area contributed by atoms with Gasteiger partial charge in [-0.3, -0.25) is 4.79 Å². The Bertz CT molecular complexity index is 1250. The molecule has 43 heavy (non-hydrogen) atoms. The Morgan fingerprint density at radius 1 is 1.00 bits per heavy atom. The summed E-state index contributed by atoms with van der Waals surface area (Å²) in [6.45, 7) is 17.1. The standard InChI is InChI=1S/C26H48N6O7S2.C2H6/c1-8-16-40(35,36)30-13-14-31(41(37,38)17-9-2)23(20-30)24(34)27-18-22-19-32(29-28-22)25(4,5)12-15-39-26(6,7)11-10-21(3)33;1-2/h19,23H,8-18,20H2,1-7H3,(H,27,34);1-2H3. The second kappa shape index (κ2) is 16.9. The number of carbonyl (C=O) groups excluding carboxylic acids is 2. The third-order valence-corrected chi connectivity index (χ3v) is 11.3. The second-order valence-electron chi connectivity index (χ2n) is 11.9. The van der Waals surface area contributed by atoms with Crippen molar-refractivity contribution in [3.05, 3.63) is 11.9 Å². The highest BCUT2D eigenvalue weighted by Gasteiger charge is 2.42. The van der Waals surface area contributed by atoms with E-state index in [0.29, 0.717) is 44.4 Å². The molecular weight excluding hydrogens is 596 g/mol. The van der Waals surface area contributed by atoms with Crippen molar-refractivity contribution < 1.29 is 31.2 Å². The van der Waals surface area contributed by atoms with Crippen LogP contribution in [0.25, 0.3) is 0 Å². The van der Waals surface area contributed by atoms with Crippen LogP contribution in [0.1, 0.15) is 100 Å². The molecule has 0 radical (unpaired) electrons. The van der Waals surface area contributed by atoms with E-state index < -0.39 is 43.1 Å². The zero-order chi connectivity index (χ0) is 33.1. The van der Waals surface area contributed by atoms with E-state index in [0.717, 1.165) is 4.31 Å². The molecule has 0 spiro atoms. The van der Waals surface area contributed by atoms with Gasteiger partial charge in [-0.1, -0.05) is 32.9 Å². The van der Waals surface area contributed by atoms with Gasteiger partial charge in [0.2, 0.25) is 26.0 Å². The number of ether oxygens (including phenoxy) is 1. The number of rotatable bonds is 17. The topological polar surface area (TPSA) is 161 Å². The van der Waals surface area contributed by atoms with Gasteiger partial charge in [0, 0.05) is 32.7 Å².